The molecule has 0 bridgehead atoms. The number of rotatable bonds is 6. The van der Waals surface area contributed by atoms with E-state index in [0.717, 1.165) is 17.1 Å². The van der Waals surface area contributed by atoms with Gasteiger partial charge in [-0.1, -0.05) is 36.4 Å². The fourth-order valence-corrected chi connectivity index (χ4v) is 1.82. The maximum absolute atomic E-state index is 5.90. The first-order chi connectivity index (χ1) is 9.27. The molecule has 0 amide bonds. The van der Waals surface area contributed by atoms with Gasteiger partial charge in [0.15, 0.2) is 0 Å². The fraction of sp³-hybridized carbons (Fsp3) is 0.250. The van der Waals surface area contributed by atoms with Crippen LogP contribution in [0.2, 0.25) is 0 Å². The molecule has 0 aliphatic rings. The Kier molecular flexibility index (Phi) is 4.81. The molecule has 2 aromatic rings. The first-order valence-electron chi connectivity index (χ1n) is 6.42. The number of benzene rings is 2. The molecule has 19 heavy (non-hydrogen) atoms. The molecule has 2 N–H and O–H groups in total. The molecule has 0 saturated heterocycles. The molecule has 0 aromatic heterocycles. The lowest BCUT2D eigenvalue weighted by molar-refractivity contribution is 0.215. The summed E-state index contributed by atoms with van der Waals surface area (Å²) < 4.78 is 11.3. The van der Waals surface area contributed by atoms with Gasteiger partial charge in [0, 0.05) is 11.6 Å². The molecule has 0 radical (unpaired) electrons. The summed E-state index contributed by atoms with van der Waals surface area (Å²) in [6.07, 6.45) is 0. The van der Waals surface area contributed by atoms with Crippen LogP contribution in [0.4, 0.5) is 0 Å². The second-order valence-corrected chi connectivity index (χ2v) is 4.34. The zero-order valence-electron chi connectivity index (χ0n) is 11.1. The Hall–Kier alpha value is -2.00. The van der Waals surface area contributed by atoms with Crippen LogP contribution in [0.5, 0.6) is 11.5 Å². The lowest BCUT2D eigenvalue weighted by Gasteiger charge is -2.14. The van der Waals surface area contributed by atoms with Crippen molar-refractivity contribution in [2.45, 2.75) is 13.0 Å². The molecule has 0 aliphatic heterocycles. The number of nitrogens with two attached hydrogens (primary N) is 1. The van der Waals surface area contributed by atoms with E-state index < -0.39 is 0 Å². The van der Waals surface area contributed by atoms with E-state index in [1.807, 2.05) is 61.5 Å². The summed E-state index contributed by atoms with van der Waals surface area (Å²) >= 11 is 0. The van der Waals surface area contributed by atoms with Crippen molar-refractivity contribution in [2.24, 2.45) is 5.73 Å². The summed E-state index contributed by atoms with van der Waals surface area (Å²) in [5.74, 6) is 1.68. The highest BCUT2D eigenvalue weighted by Gasteiger charge is 2.06. The van der Waals surface area contributed by atoms with Gasteiger partial charge in [0.1, 0.15) is 24.7 Å². The van der Waals surface area contributed by atoms with Gasteiger partial charge in [-0.25, -0.2) is 0 Å². The van der Waals surface area contributed by atoms with Gasteiger partial charge in [-0.05, 0) is 25.1 Å². The first kappa shape index (κ1) is 13.4. The molecule has 100 valence electrons. The minimum Gasteiger partial charge on any atom is -0.490 e. The van der Waals surface area contributed by atoms with E-state index in [4.69, 9.17) is 15.2 Å². The topological polar surface area (TPSA) is 44.5 Å². The molecule has 0 fully saturated rings. The number of ether oxygens (including phenoxy) is 2. The number of hydrogen-bond acceptors (Lipinski definition) is 3. The highest BCUT2D eigenvalue weighted by molar-refractivity contribution is 5.35. The van der Waals surface area contributed by atoms with Gasteiger partial charge in [-0.3, -0.25) is 0 Å². The Morgan fingerprint density at radius 1 is 0.895 bits per heavy atom. The standard InChI is InChI=1S/C16H19NO2/c1-13(17)15-9-5-6-10-16(15)19-12-11-18-14-7-3-2-4-8-14/h2-10,13H,11-12,17H2,1H3/t13-/m0/s1. The maximum atomic E-state index is 5.90. The lowest BCUT2D eigenvalue weighted by Crippen LogP contribution is -2.12. The van der Waals surface area contributed by atoms with Gasteiger partial charge in [-0.2, -0.15) is 0 Å². The summed E-state index contributed by atoms with van der Waals surface area (Å²) in [5, 5.41) is 0. The molecular formula is C16H19NO2. The highest BCUT2D eigenvalue weighted by Crippen LogP contribution is 2.23. The van der Waals surface area contributed by atoms with Crippen LogP contribution in [0, 0.1) is 0 Å². The molecule has 0 saturated carbocycles. The van der Waals surface area contributed by atoms with E-state index in [1.54, 1.807) is 0 Å². The van der Waals surface area contributed by atoms with Crippen LogP contribution in [0.15, 0.2) is 54.6 Å². The SMILES string of the molecule is C[C@H](N)c1ccccc1OCCOc1ccccc1. The molecule has 0 spiro atoms. The van der Waals surface area contributed by atoms with Crippen molar-refractivity contribution in [3.8, 4) is 11.5 Å². The van der Waals surface area contributed by atoms with Gasteiger partial charge in [0.2, 0.25) is 0 Å². The van der Waals surface area contributed by atoms with E-state index >= 15 is 0 Å². The van der Waals surface area contributed by atoms with Gasteiger partial charge in [0.25, 0.3) is 0 Å². The van der Waals surface area contributed by atoms with E-state index in [-0.39, 0.29) is 6.04 Å². The second kappa shape index (κ2) is 6.81. The van der Waals surface area contributed by atoms with Crippen LogP contribution in [-0.4, -0.2) is 13.2 Å². The predicted octanol–water partition coefficient (Wildman–Crippen LogP) is 3.16. The van der Waals surface area contributed by atoms with Crippen LogP contribution in [0.25, 0.3) is 0 Å². The van der Waals surface area contributed by atoms with Crippen LogP contribution >= 0.6 is 0 Å². The Labute approximate surface area is 114 Å². The van der Waals surface area contributed by atoms with E-state index in [1.165, 1.54) is 0 Å². The molecule has 3 nitrogen and oxygen atoms in total. The molecule has 2 aromatic carbocycles. The van der Waals surface area contributed by atoms with Crippen molar-refractivity contribution in [2.75, 3.05) is 13.2 Å². The quantitative estimate of drug-likeness (QED) is 0.808. The summed E-state index contributed by atoms with van der Waals surface area (Å²) in [4.78, 5) is 0. The third kappa shape index (κ3) is 4.00. The fourth-order valence-electron chi connectivity index (χ4n) is 1.82. The zero-order valence-corrected chi connectivity index (χ0v) is 11.1. The summed E-state index contributed by atoms with van der Waals surface area (Å²) in [6, 6.07) is 17.5. The van der Waals surface area contributed by atoms with Crippen molar-refractivity contribution >= 4 is 0 Å². The normalized spacial score (nSPS) is 11.9. The average Bonchev–Trinajstić information content (AvgIpc) is 2.45. The number of hydrogen-bond donors (Lipinski definition) is 1. The Morgan fingerprint density at radius 2 is 1.53 bits per heavy atom. The Morgan fingerprint density at radius 3 is 2.26 bits per heavy atom. The van der Waals surface area contributed by atoms with Crippen molar-refractivity contribution in [3.63, 3.8) is 0 Å². The molecular weight excluding hydrogens is 238 g/mol. The second-order valence-electron chi connectivity index (χ2n) is 4.34. The van der Waals surface area contributed by atoms with E-state index in [2.05, 4.69) is 0 Å². The average molecular weight is 257 g/mol. The molecule has 3 heteroatoms. The van der Waals surface area contributed by atoms with Crippen LogP contribution < -0.4 is 15.2 Å². The maximum Gasteiger partial charge on any atom is 0.124 e. The van der Waals surface area contributed by atoms with Crippen molar-refractivity contribution in [1.82, 2.24) is 0 Å². The largest absolute Gasteiger partial charge is 0.490 e. The highest BCUT2D eigenvalue weighted by atomic mass is 16.5. The Balaban J connectivity index is 1.83. The smallest absolute Gasteiger partial charge is 0.124 e. The van der Waals surface area contributed by atoms with Gasteiger partial charge < -0.3 is 15.2 Å². The molecule has 1 atom stereocenters. The van der Waals surface area contributed by atoms with Crippen LogP contribution in [-0.2, 0) is 0 Å². The van der Waals surface area contributed by atoms with Gasteiger partial charge in [0.05, 0.1) is 0 Å². The van der Waals surface area contributed by atoms with E-state index in [0.29, 0.717) is 13.2 Å². The Bertz CT molecular complexity index is 497. The zero-order chi connectivity index (χ0) is 13.5. The summed E-state index contributed by atoms with van der Waals surface area (Å²) in [6.45, 7) is 2.96. The van der Waals surface area contributed by atoms with Gasteiger partial charge >= 0.3 is 0 Å². The van der Waals surface area contributed by atoms with Crippen LogP contribution in [0.3, 0.4) is 0 Å². The number of para-hydroxylation sites is 2. The summed E-state index contributed by atoms with van der Waals surface area (Å²) in [7, 11) is 0. The van der Waals surface area contributed by atoms with Gasteiger partial charge in [-0.15, -0.1) is 0 Å². The van der Waals surface area contributed by atoms with Crippen molar-refractivity contribution in [1.29, 1.82) is 0 Å². The van der Waals surface area contributed by atoms with Crippen LogP contribution in [0.1, 0.15) is 18.5 Å². The van der Waals surface area contributed by atoms with E-state index in [9.17, 15) is 0 Å². The lowest BCUT2D eigenvalue weighted by atomic mass is 10.1. The molecule has 2 rings (SSSR count). The third-order valence-corrected chi connectivity index (χ3v) is 2.76. The molecule has 0 aliphatic carbocycles. The third-order valence-electron chi connectivity index (χ3n) is 2.76. The molecule has 0 heterocycles. The van der Waals surface area contributed by atoms with Crippen molar-refractivity contribution in [3.05, 3.63) is 60.2 Å². The predicted molar refractivity (Wildman–Crippen MR) is 76.5 cm³/mol. The minimum absolute atomic E-state index is 0.0359. The van der Waals surface area contributed by atoms with Crippen molar-refractivity contribution < 1.29 is 9.47 Å². The minimum atomic E-state index is -0.0359. The summed E-state index contributed by atoms with van der Waals surface area (Å²) in [5.41, 5.74) is 6.91. The molecule has 0 unspecified atom stereocenters. The first-order valence-corrected chi connectivity index (χ1v) is 6.42. The monoisotopic (exact) mass is 257 g/mol.